The molecule has 0 aliphatic carbocycles. The number of nitrogens with one attached hydrogen (secondary N) is 1. The highest BCUT2D eigenvalue weighted by molar-refractivity contribution is 6.39. The van der Waals surface area contributed by atoms with Crippen molar-refractivity contribution >= 4 is 46.2 Å². The van der Waals surface area contributed by atoms with Gasteiger partial charge in [0.2, 0.25) is 0 Å². The minimum absolute atomic E-state index is 0.136. The monoisotopic (exact) mass is 394 g/mol. The molecule has 0 radical (unpaired) electrons. The van der Waals surface area contributed by atoms with Crippen LogP contribution in [0.25, 0.3) is 22.4 Å². The Balaban J connectivity index is 1.97. The van der Waals surface area contributed by atoms with Crippen molar-refractivity contribution in [2.24, 2.45) is 0 Å². The zero-order chi connectivity index (χ0) is 18.8. The maximum Gasteiger partial charge on any atom is 0.343 e. The number of carbonyl (C=O) groups excluding carboxylic acids is 1. The van der Waals surface area contributed by atoms with Crippen molar-refractivity contribution in [2.45, 2.75) is 0 Å². The van der Waals surface area contributed by atoms with Gasteiger partial charge in [0.25, 0.3) is 0 Å². The van der Waals surface area contributed by atoms with Gasteiger partial charge in [-0.1, -0.05) is 23.2 Å². The molecule has 0 amide bonds. The lowest BCUT2D eigenvalue weighted by Gasteiger charge is -2.09. The fraction of sp³-hybridized carbons (Fsp3) is 0.118. The third kappa shape index (κ3) is 3.58. The number of carbonyl (C=O) groups is 2. The third-order valence-electron chi connectivity index (χ3n) is 3.57. The molecule has 0 unspecified atom stereocenters. The Hall–Kier alpha value is -2.77. The molecule has 26 heavy (non-hydrogen) atoms. The Bertz CT molecular complexity index is 993. The van der Waals surface area contributed by atoms with Crippen LogP contribution in [0.3, 0.4) is 0 Å². The average Bonchev–Trinajstić information content (AvgIpc) is 3.01. The molecule has 0 saturated heterocycles. The second kappa shape index (κ2) is 7.23. The van der Waals surface area contributed by atoms with Gasteiger partial charge in [0.1, 0.15) is 11.6 Å². The lowest BCUT2D eigenvalue weighted by atomic mass is 10.2. The summed E-state index contributed by atoms with van der Waals surface area (Å²) in [7, 11) is 1.26. The predicted molar refractivity (Wildman–Crippen MR) is 96.0 cm³/mol. The van der Waals surface area contributed by atoms with Crippen LogP contribution in [0.4, 0.5) is 0 Å². The Morgan fingerprint density at radius 1 is 1.19 bits per heavy atom. The smallest absolute Gasteiger partial charge is 0.343 e. The number of methoxy groups -OCH3 is 1. The zero-order valence-corrected chi connectivity index (χ0v) is 14.9. The molecule has 2 aromatic carbocycles. The number of ether oxygens (including phenoxy) is 2. The van der Waals surface area contributed by atoms with Crippen LogP contribution >= 0.6 is 23.2 Å². The summed E-state index contributed by atoms with van der Waals surface area (Å²) in [6.45, 7) is -0.273. The minimum Gasteiger partial charge on any atom is -0.482 e. The Morgan fingerprint density at radius 3 is 2.50 bits per heavy atom. The standard InChI is InChI=1S/C17H12Cl2N2O5/c1-25-14(22)7-26-9-5-10(18)15(11(19)6-9)16-20-12-3-2-8(17(23)24)4-13(12)21-16/h2-6H,7H2,1H3,(H,20,21)(H,23,24). The van der Waals surface area contributed by atoms with Gasteiger partial charge in [-0.15, -0.1) is 0 Å². The first kappa shape index (κ1) is 18.0. The van der Waals surface area contributed by atoms with E-state index in [0.29, 0.717) is 28.2 Å². The molecule has 0 saturated carbocycles. The molecule has 0 bridgehead atoms. The first-order chi connectivity index (χ1) is 12.4. The number of halogens is 2. The normalized spacial score (nSPS) is 10.7. The number of imidazole rings is 1. The summed E-state index contributed by atoms with van der Waals surface area (Å²) in [5.74, 6) is -0.880. The number of esters is 1. The summed E-state index contributed by atoms with van der Waals surface area (Å²) in [4.78, 5) is 29.6. The molecule has 1 heterocycles. The molecule has 0 spiro atoms. The lowest BCUT2D eigenvalue weighted by Crippen LogP contribution is -2.12. The highest BCUT2D eigenvalue weighted by Gasteiger charge is 2.16. The number of benzene rings is 2. The van der Waals surface area contributed by atoms with E-state index in [0.717, 1.165) is 0 Å². The molecule has 7 nitrogen and oxygen atoms in total. The molecule has 9 heteroatoms. The summed E-state index contributed by atoms with van der Waals surface area (Å²) in [6.07, 6.45) is 0. The molecule has 0 fully saturated rings. The van der Waals surface area contributed by atoms with Crippen LogP contribution in [0.2, 0.25) is 10.0 Å². The van der Waals surface area contributed by atoms with E-state index in [9.17, 15) is 9.59 Å². The van der Waals surface area contributed by atoms with Crippen molar-refractivity contribution in [2.75, 3.05) is 13.7 Å². The molecule has 134 valence electrons. The summed E-state index contributed by atoms with van der Waals surface area (Å²) < 4.78 is 9.77. The van der Waals surface area contributed by atoms with E-state index < -0.39 is 11.9 Å². The SMILES string of the molecule is COC(=O)COc1cc(Cl)c(-c2nc3ccc(C(=O)O)cc3[nH]2)c(Cl)c1. The van der Waals surface area contributed by atoms with E-state index in [1.807, 2.05) is 0 Å². The number of carboxylic acid groups (broad SMARTS) is 1. The van der Waals surface area contributed by atoms with Gasteiger partial charge < -0.3 is 19.6 Å². The molecule has 0 atom stereocenters. The maximum atomic E-state index is 11.1. The van der Waals surface area contributed by atoms with Crippen LogP contribution in [0.1, 0.15) is 10.4 Å². The van der Waals surface area contributed by atoms with Crippen molar-refractivity contribution in [3.63, 3.8) is 0 Å². The quantitative estimate of drug-likeness (QED) is 0.638. The number of hydrogen-bond donors (Lipinski definition) is 2. The van der Waals surface area contributed by atoms with Crippen LogP contribution in [-0.2, 0) is 9.53 Å². The Morgan fingerprint density at radius 2 is 1.88 bits per heavy atom. The van der Waals surface area contributed by atoms with E-state index in [1.54, 1.807) is 6.07 Å². The Labute approximate surface area is 157 Å². The fourth-order valence-corrected chi connectivity index (χ4v) is 2.97. The number of aromatic amines is 1. The number of nitrogens with zero attached hydrogens (tertiary/aromatic N) is 1. The van der Waals surface area contributed by atoms with Gasteiger partial charge in [0.15, 0.2) is 6.61 Å². The summed E-state index contributed by atoms with van der Waals surface area (Å²) in [6, 6.07) is 7.53. The van der Waals surface area contributed by atoms with Crippen LogP contribution < -0.4 is 4.74 Å². The molecule has 1 aromatic heterocycles. The minimum atomic E-state index is -1.04. The first-order valence-electron chi connectivity index (χ1n) is 7.31. The molecular weight excluding hydrogens is 383 g/mol. The summed E-state index contributed by atoms with van der Waals surface area (Å²) >= 11 is 12.6. The number of H-pyrrole nitrogens is 1. The molecule has 0 aliphatic heterocycles. The molecular formula is C17H12Cl2N2O5. The van der Waals surface area contributed by atoms with Gasteiger partial charge in [-0.25, -0.2) is 14.6 Å². The first-order valence-corrected chi connectivity index (χ1v) is 8.06. The van der Waals surface area contributed by atoms with Gasteiger partial charge in [0.05, 0.1) is 39.3 Å². The van der Waals surface area contributed by atoms with Crippen molar-refractivity contribution < 1.29 is 24.2 Å². The average molecular weight is 395 g/mol. The largest absolute Gasteiger partial charge is 0.482 e. The number of aromatic carboxylic acids is 1. The fourth-order valence-electron chi connectivity index (χ4n) is 2.32. The van der Waals surface area contributed by atoms with Gasteiger partial charge in [0, 0.05) is 0 Å². The maximum absolute atomic E-state index is 11.1. The third-order valence-corrected chi connectivity index (χ3v) is 4.16. The van der Waals surface area contributed by atoms with Crippen LogP contribution in [0, 0.1) is 0 Å². The van der Waals surface area contributed by atoms with Crippen molar-refractivity contribution in [1.29, 1.82) is 0 Å². The predicted octanol–water partition coefficient (Wildman–Crippen LogP) is 3.79. The van der Waals surface area contributed by atoms with Crippen molar-refractivity contribution in [1.82, 2.24) is 9.97 Å². The van der Waals surface area contributed by atoms with Gasteiger partial charge in [-0.05, 0) is 30.3 Å². The summed E-state index contributed by atoms with van der Waals surface area (Å²) in [5.41, 5.74) is 1.68. The van der Waals surface area contributed by atoms with E-state index in [1.165, 1.54) is 31.4 Å². The number of fused-ring (bicyclic) bond motifs is 1. The second-order valence-corrected chi connectivity index (χ2v) is 6.06. The van der Waals surface area contributed by atoms with E-state index in [4.69, 9.17) is 33.0 Å². The zero-order valence-electron chi connectivity index (χ0n) is 13.4. The van der Waals surface area contributed by atoms with Crippen molar-refractivity contribution in [3.8, 4) is 17.1 Å². The Kier molecular flexibility index (Phi) is 5.01. The van der Waals surface area contributed by atoms with Crippen LogP contribution in [-0.4, -0.2) is 40.7 Å². The number of hydrogen-bond acceptors (Lipinski definition) is 5. The van der Waals surface area contributed by atoms with E-state index in [2.05, 4.69) is 14.7 Å². The van der Waals surface area contributed by atoms with Gasteiger partial charge in [-0.2, -0.15) is 0 Å². The molecule has 2 N–H and O–H groups in total. The molecule has 3 rings (SSSR count). The summed E-state index contributed by atoms with van der Waals surface area (Å²) in [5, 5.41) is 9.59. The highest BCUT2D eigenvalue weighted by atomic mass is 35.5. The topological polar surface area (TPSA) is 102 Å². The van der Waals surface area contributed by atoms with Gasteiger partial charge in [-0.3, -0.25) is 0 Å². The second-order valence-electron chi connectivity index (χ2n) is 5.25. The number of carboxylic acids is 1. The number of rotatable bonds is 5. The lowest BCUT2D eigenvalue weighted by molar-refractivity contribution is -0.142. The number of aromatic nitrogens is 2. The molecule has 0 aliphatic rings. The highest BCUT2D eigenvalue weighted by Crippen LogP contribution is 2.37. The van der Waals surface area contributed by atoms with Crippen LogP contribution in [0.15, 0.2) is 30.3 Å². The molecule has 3 aromatic rings. The van der Waals surface area contributed by atoms with Crippen molar-refractivity contribution in [3.05, 3.63) is 45.9 Å². The van der Waals surface area contributed by atoms with Gasteiger partial charge >= 0.3 is 11.9 Å². The van der Waals surface area contributed by atoms with E-state index in [-0.39, 0.29) is 22.2 Å². The van der Waals surface area contributed by atoms with E-state index >= 15 is 0 Å². The van der Waals surface area contributed by atoms with Crippen LogP contribution in [0.5, 0.6) is 5.75 Å².